The van der Waals surface area contributed by atoms with E-state index in [2.05, 4.69) is 35.7 Å². The smallest absolute Gasteiger partial charge is 0.387 e. The lowest BCUT2D eigenvalue weighted by atomic mass is 10.0. The summed E-state index contributed by atoms with van der Waals surface area (Å²) in [6, 6.07) is 8.02. The van der Waals surface area contributed by atoms with Crippen LogP contribution in [0.4, 0.5) is 8.78 Å². The van der Waals surface area contributed by atoms with Crippen molar-refractivity contribution in [1.29, 1.82) is 0 Å². The molecule has 1 aliphatic rings. The molecule has 112 valence electrons. The molecule has 1 aromatic rings. The van der Waals surface area contributed by atoms with Crippen LogP contribution in [0.5, 0.6) is 5.75 Å². The van der Waals surface area contributed by atoms with Gasteiger partial charge >= 0.3 is 6.61 Å². The number of halogens is 2. The fourth-order valence-electron chi connectivity index (χ4n) is 2.73. The van der Waals surface area contributed by atoms with Gasteiger partial charge in [-0.25, -0.2) is 0 Å². The summed E-state index contributed by atoms with van der Waals surface area (Å²) in [5.74, 6) is 0.222. The van der Waals surface area contributed by atoms with Crippen LogP contribution in [0, 0.1) is 0 Å². The highest BCUT2D eigenvalue weighted by Crippen LogP contribution is 2.27. The lowest BCUT2D eigenvalue weighted by Crippen LogP contribution is -2.54. The van der Waals surface area contributed by atoms with Crippen LogP contribution in [0.15, 0.2) is 24.3 Å². The third kappa shape index (κ3) is 3.67. The van der Waals surface area contributed by atoms with Gasteiger partial charge in [0, 0.05) is 31.2 Å². The van der Waals surface area contributed by atoms with E-state index >= 15 is 0 Å². The van der Waals surface area contributed by atoms with Crippen molar-refractivity contribution in [2.24, 2.45) is 0 Å². The number of benzene rings is 1. The van der Waals surface area contributed by atoms with E-state index in [0.717, 1.165) is 18.7 Å². The van der Waals surface area contributed by atoms with Gasteiger partial charge in [-0.1, -0.05) is 12.1 Å². The number of hydrogen-bond acceptors (Lipinski definition) is 3. The Labute approximate surface area is 118 Å². The normalized spacial score (nSPS) is 25.7. The minimum atomic E-state index is -2.78. The van der Waals surface area contributed by atoms with Crippen LogP contribution >= 0.6 is 0 Å². The van der Waals surface area contributed by atoms with E-state index in [1.807, 2.05) is 6.07 Å². The number of ether oxygens (including phenoxy) is 1. The quantitative estimate of drug-likeness (QED) is 0.920. The topological polar surface area (TPSA) is 24.5 Å². The first kappa shape index (κ1) is 15.2. The second kappa shape index (κ2) is 6.50. The van der Waals surface area contributed by atoms with Crippen LogP contribution in [0.25, 0.3) is 0 Å². The average Bonchev–Trinajstić information content (AvgIpc) is 2.40. The number of piperazine rings is 1. The summed E-state index contributed by atoms with van der Waals surface area (Å²) >= 11 is 0. The van der Waals surface area contributed by atoms with Crippen molar-refractivity contribution in [1.82, 2.24) is 10.2 Å². The minimum absolute atomic E-state index is 0.177. The maximum absolute atomic E-state index is 12.3. The van der Waals surface area contributed by atoms with E-state index in [0.29, 0.717) is 12.1 Å². The zero-order valence-electron chi connectivity index (χ0n) is 12.1. The molecule has 5 heteroatoms. The standard InChI is InChI=1S/C15H22F2N2O/c1-10-9-19(11(2)8-18-10)12(3)13-5-4-6-14(7-13)20-15(16)17/h4-7,10-12,15,18H,8-9H2,1-3H3. The van der Waals surface area contributed by atoms with Crippen molar-refractivity contribution in [2.75, 3.05) is 13.1 Å². The molecular weight excluding hydrogens is 262 g/mol. The zero-order chi connectivity index (χ0) is 14.7. The molecular formula is C15H22F2N2O. The van der Waals surface area contributed by atoms with E-state index < -0.39 is 6.61 Å². The van der Waals surface area contributed by atoms with E-state index in [-0.39, 0.29) is 11.8 Å². The molecule has 1 heterocycles. The molecule has 1 aromatic carbocycles. The molecule has 20 heavy (non-hydrogen) atoms. The van der Waals surface area contributed by atoms with Crippen LogP contribution < -0.4 is 10.1 Å². The Bertz CT molecular complexity index is 442. The first-order chi connectivity index (χ1) is 9.47. The molecule has 0 spiro atoms. The zero-order valence-corrected chi connectivity index (χ0v) is 12.1. The van der Waals surface area contributed by atoms with Gasteiger partial charge < -0.3 is 10.1 Å². The predicted molar refractivity (Wildman–Crippen MR) is 75.1 cm³/mol. The monoisotopic (exact) mass is 284 g/mol. The van der Waals surface area contributed by atoms with E-state index in [9.17, 15) is 8.78 Å². The Balaban J connectivity index is 2.13. The Kier molecular flexibility index (Phi) is 4.94. The van der Waals surface area contributed by atoms with E-state index in [1.165, 1.54) is 0 Å². The molecule has 1 aliphatic heterocycles. The number of rotatable bonds is 4. The van der Waals surface area contributed by atoms with Crippen molar-refractivity contribution in [3.63, 3.8) is 0 Å². The Morgan fingerprint density at radius 2 is 2.10 bits per heavy atom. The van der Waals surface area contributed by atoms with Gasteiger partial charge in [-0.3, -0.25) is 4.90 Å². The van der Waals surface area contributed by atoms with Gasteiger partial charge in [0.05, 0.1) is 0 Å². The lowest BCUT2D eigenvalue weighted by Gasteiger charge is -2.41. The molecule has 2 rings (SSSR count). The highest BCUT2D eigenvalue weighted by atomic mass is 19.3. The third-order valence-electron chi connectivity index (χ3n) is 3.88. The Morgan fingerprint density at radius 3 is 2.80 bits per heavy atom. The second-order valence-corrected chi connectivity index (χ2v) is 5.48. The number of nitrogens with one attached hydrogen (secondary N) is 1. The van der Waals surface area contributed by atoms with Crippen molar-refractivity contribution < 1.29 is 13.5 Å². The van der Waals surface area contributed by atoms with Gasteiger partial charge in [0.25, 0.3) is 0 Å². The SMILES string of the molecule is CC1CN(C(C)c2cccc(OC(F)F)c2)C(C)CN1. The summed E-state index contributed by atoms with van der Waals surface area (Å²) < 4.78 is 29.0. The van der Waals surface area contributed by atoms with Gasteiger partial charge in [-0.2, -0.15) is 8.78 Å². The average molecular weight is 284 g/mol. The maximum atomic E-state index is 12.3. The summed E-state index contributed by atoms with van der Waals surface area (Å²) in [6.07, 6.45) is 0. The van der Waals surface area contributed by atoms with Gasteiger partial charge in [-0.15, -0.1) is 0 Å². The van der Waals surface area contributed by atoms with Crippen LogP contribution in [-0.4, -0.2) is 36.7 Å². The van der Waals surface area contributed by atoms with Crippen molar-refractivity contribution in [3.8, 4) is 5.75 Å². The van der Waals surface area contributed by atoms with Gasteiger partial charge in [0.2, 0.25) is 0 Å². The maximum Gasteiger partial charge on any atom is 0.387 e. The Morgan fingerprint density at radius 1 is 1.35 bits per heavy atom. The van der Waals surface area contributed by atoms with Gasteiger partial charge in [0.15, 0.2) is 0 Å². The van der Waals surface area contributed by atoms with Crippen LogP contribution in [0.2, 0.25) is 0 Å². The molecule has 0 aliphatic carbocycles. The summed E-state index contributed by atoms with van der Waals surface area (Å²) in [5.41, 5.74) is 1.00. The second-order valence-electron chi connectivity index (χ2n) is 5.48. The van der Waals surface area contributed by atoms with Gasteiger partial charge in [-0.05, 0) is 38.5 Å². The highest BCUT2D eigenvalue weighted by Gasteiger charge is 2.27. The molecule has 0 bridgehead atoms. The fourth-order valence-corrected chi connectivity index (χ4v) is 2.73. The predicted octanol–water partition coefficient (Wildman–Crippen LogP) is 3.03. The number of hydrogen-bond donors (Lipinski definition) is 1. The summed E-state index contributed by atoms with van der Waals surface area (Å²) in [6.45, 7) is 5.55. The summed E-state index contributed by atoms with van der Waals surface area (Å²) in [7, 11) is 0. The summed E-state index contributed by atoms with van der Waals surface area (Å²) in [5, 5.41) is 3.44. The van der Waals surface area contributed by atoms with Gasteiger partial charge in [0.1, 0.15) is 5.75 Å². The first-order valence-corrected chi connectivity index (χ1v) is 7.01. The third-order valence-corrected chi connectivity index (χ3v) is 3.88. The minimum Gasteiger partial charge on any atom is -0.435 e. The van der Waals surface area contributed by atoms with Crippen LogP contribution in [0.3, 0.4) is 0 Å². The lowest BCUT2D eigenvalue weighted by molar-refractivity contribution is -0.0499. The van der Waals surface area contributed by atoms with Crippen molar-refractivity contribution in [2.45, 2.75) is 45.5 Å². The molecule has 0 radical (unpaired) electrons. The molecule has 1 fully saturated rings. The molecule has 0 aromatic heterocycles. The molecule has 1 N–H and O–H groups in total. The summed E-state index contributed by atoms with van der Waals surface area (Å²) in [4.78, 5) is 2.39. The molecule has 3 unspecified atom stereocenters. The Hall–Kier alpha value is -1.20. The molecule has 0 amide bonds. The van der Waals surface area contributed by atoms with E-state index in [4.69, 9.17) is 0 Å². The molecule has 0 saturated carbocycles. The van der Waals surface area contributed by atoms with Crippen LogP contribution in [0.1, 0.15) is 32.4 Å². The van der Waals surface area contributed by atoms with Crippen molar-refractivity contribution >= 4 is 0 Å². The number of alkyl halides is 2. The van der Waals surface area contributed by atoms with Crippen molar-refractivity contribution in [3.05, 3.63) is 29.8 Å². The molecule has 3 atom stereocenters. The molecule has 1 saturated heterocycles. The van der Waals surface area contributed by atoms with E-state index in [1.54, 1.807) is 18.2 Å². The largest absolute Gasteiger partial charge is 0.435 e. The number of nitrogens with zero attached hydrogens (tertiary/aromatic N) is 1. The first-order valence-electron chi connectivity index (χ1n) is 7.01. The highest BCUT2D eigenvalue weighted by molar-refractivity contribution is 5.30. The van der Waals surface area contributed by atoms with Crippen LogP contribution in [-0.2, 0) is 0 Å². The molecule has 3 nitrogen and oxygen atoms in total. The fraction of sp³-hybridized carbons (Fsp3) is 0.600.